The molecule has 0 aliphatic rings. The Balaban J connectivity index is 3.66. The molecule has 0 heterocycles. The van der Waals surface area contributed by atoms with Crippen molar-refractivity contribution >= 4 is 28.5 Å². The fourth-order valence-corrected chi connectivity index (χ4v) is 1.93. The van der Waals surface area contributed by atoms with E-state index in [0.717, 1.165) is 12.1 Å². The van der Waals surface area contributed by atoms with Gasteiger partial charge in [0.1, 0.15) is 6.07 Å². The minimum Gasteiger partial charge on any atom is -0.366 e. The summed E-state index contributed by atoms with van der Waals surface area (Å²) in [6, 6.07) is 3.58. The first-order valence-corrected chi connectivity index (χ1v) is 4.96. The van der Waals surface area contributed by atoms with Crippen LogP contribution in [0.15, 0.2) is 12.1 Å². The van der Waals surface area contributed by atoms with E-state index in [-0.39, 0.29) is 3.57 Å². The number of hydrogen-bond acceptors (Lipinski definition) is 2. The summed E-state index contributed by atoms with van der Waals surface area (Å²) in [6.07, 6.45) is -4.69. The SMILES string of the molecule is N#Cc1c(C(N)=O)ccc(I)c1C(F)(F)F. The molecule has 84 valence electrons. The molecule has 1 aromatic carbocycles. The van der Waals surface area contributed by atoms with Crippen molar-refractivity contribution in [1.29, 1.82) is 5.26 Å². The number of primary amides is 1. The van der Waals surface area contributed by atoms with Crippen LogP contribution < -0.4 is 5.73 Å². The number of nitriles is 1. The van der Waals surface area contributed by atoms with Crippen LogP contribution in [0.4, 0.5) is 13.2 Å². The number of nitrogens with zero attached hydrogens (tertiary/aromatic N) is 1. The summed E-state index contributed by atoms with van der Waals surface area (Å²) in [5.74, 6) is -1.06. The normalized spacial score (nSPS) is 10.9. The second-order valence-corrected chi connectivity index (χ2v) is 3.98. The lowest BCUT2D eigenvalue weighted by atomic mass is 10.0. The predicted octanol–water partition coefficient (Wildman–Crippen LogP) is 2.28. The van der Waals surface area contributed by atoms with Gasteiger partial charge in [-0.15, -0.1) is 0 Å². The predicted molar refractivity (Wildman–Crippen MR) is 57.4 cm³/mol. The topological polar surface area (TPSA) is 66.9 Å². The molecule has 0 aliphatic heterocycles. The van der Waals surface area contributed by atoms with Crippen molar-refractivity contribution in [2.75, 3.05) is 0 Å². The van der Waals surface area contributed by atoms with Gasteiger partial charge in [-0.2, -0.15) is 18.4 Å². The molecule has 0 aliphatic carbocycles. The molecule has 3 nitrogen and oxygen atoms in total. The number of rotatable bonds is 1. The van der Waals surface area contributed by atoms with Crippen molar-refractivity contribution in [3.63, 3.8) is 0 Å². The van der Waals surface area contributed by atoms with Crippen molar-refractivity contribution in [2.24, 2.45) is 5.73 Å². The Morgan fingerprint density at radius 3 is 2.38 bits per heavy atom. The Bertz CT molecular complexity index is 491. The molecule has 2 N–H and O–H groups in total. The molecular formula is C9H4F3IN2O. The van der Waals surface area contributed by atoms with Crippen molar-refractivity contribution in [2.45, 2.75) is 6.18 Å². The highest BCUT2D eigenvalue weighted by Gasteiger charge is 2.37. The number of halogens is 4. The van der Waals surface area contributed by atoms with Gasteiger partial charge < -0.3 is 5.73 Å². The molecule has 1 aromatic rings. The van der Waals surface area contributed by atoms with Gasteiger partial charge in [0, 0.05) is 3.57 Å². The van der Waals surface area contributed by atoms with Crippen LogP contribution in [0.2, 0.25) is 0 Å². The Morgan fingerprint density at radius 1 is 1.44 bits per heavy atom. The summed E-state index contributed by atoms with van der Waals surface area (Å²) >= 11 is 1.45. The molecule has 16 heavy (non-hydrogen) atoms. The number of carbonyl (C=O) groups excluding carboxylic acids is 1. The Morgan fingerprint density at radius 2 is 2.00 bits per heavy atom. The zero-order valence-corrected chi connectivity index (χ0v) is 9.76. The van der Waals surface area contributed by atoms with Crippen molar-refractivity contribution in [1.82, 2.24) is 0 Å². The van der Waals surface area contributed by atoms with Crippen molar-refractivity contribution in [3.05, 3.63) is 32.4 Å². The first-order valence-electron chi connectivity index (χ1n) is 3.88. The highest BCUT2D eigenvalue weighted by molar-refractivity contribution is 14.1. The van der Waals surface area contributed by atoms with E-state index in [0.29, 0.717) is 0 Å². The van der Waals surface area contributed by atoms with E-state index < -0.39 is 28.8 Å². The molecule has 0 fully saturated rings. The summed E-state index contributed by atoms with van der Waals surface area (Å²) in [5, 5.41) is 8.67. The number of benzene rings is 1. The summed E-state index contributed by atoms with van der Waals surface area (Å²) in [4.78, 5) is 10.9. The van der Waals surface area contributed by atoms with Gasteiger partial charge in [-0.05, 0) is 34.7 Å². The molecule has 0 aromatic heterocycles. The van der Waals surface area contributed by atoms with Gasteiger partial charge in [0.2, 0.25) is 5.91 Å². The fourth-order valence-electron chi connectivity index (χ4n) is 1.18. The monoisotopic (exact) mass is 340 g/mol. The average Bonchev–Trinajstić information content (AvgIpc) is 2.14. The fraction of sp³-hybridized carbons (Fsp3) is 0.111. The first kappa shape index (κ1) is 12.8. The van der Waals surface area contributed by atoms with Gasteiger partial charge >= 0.3 is 6.18 Å². The molecular weight excluding hydrogens is 336 g/mol. The number of alkyl halides is 3. The standard InChI is InChI=1S/C9H4F3IN2O/c10-9(11,12)7-5(3-14)4(8(15)16)1-2-6(7)13/h1-2H,(H2,15,16). The molecule has 1 rings (SSSR count). The molecule has 0 radical (unpaired) electrons. The molecule has 1 amide bonds. The first-order chi connectivity index (χ1) is 7.29. The van der Waals surface area contributed by atoms with Crippen LogP contribution in [0.1, 0.15) is 21.5 Å². The molecule has 0 saturated heterocycles. The quantitative estimate of drug-likeness (QED) is 0.797. The second kappa shape index (κ2) is 4.29. The lowest BCUT2D eigenvalue weighted by Crippen LogP contribution is -2.18. The lowest BCUT2D eigenvalue weighted by molar-refractivity contribution is -0.138. The number of carbonyl (C=O) groups is 1. The molecule has 0 unspecified atom stereocenters. The maximum absolute atomic E-state index is 12.6. The third-order valence-electron chi connectivity index (χ3n) is 1.82. The van der Waals surface area contributed by atoms with E-state index in [4.69, 9.17) is 11.0 Å². The third-order valence-corrected chi connectivity index (χ3v) is 2.71. The molecule has 0 atom stereocenters. The summed E-state index contributed by atoms with van der Waals surface area (Å²) in [7, 11) is 0. The zero-order chi connectivity index (χ0) is 12.5. The minimum absolute atomic E-state index is 0.147. The van der Waals surface area contributed by atoms with Gasteiger partial charge in [-0.25, -0.2) is 0 Å². The summed E-state index contributed by atoms with van der Waals surface area (Å²) in [5.41, 5.74) is 2.62. The van der Waals surface area contributed by atoms with Gasteiger partial charge in [0.05, 0.1) is 16.7 Å². The molecule has 0 bridgehead atoms. The third kappa shape index (κ3) is 2.27. The van der Waals surface area contributed by atoms with Crippen molar-refractivity contribution in [3.8, 4) is 6.07 Å². The maximum atomic E-state index is 12.6. The van der Waals surface area contributed by atoms with Gasteiger partial charge in [-0.1, -0.05) is 0 Å². The smallest absolute Gasteiger partial charge is 0.366 e. The van der Waals surface area contributed by atoms with Crippen LogP contribution in [-0.4, -0.2) is 5.91 Å². The largest absolute Gasteiger partial charge is 0.418 e. The Kier molecular flexibility index (Phi) is 3.42. The summed E-state index contributed by atoms with van der Waals surface area (Å²) in [6.45, 7) is 0. The van der Waals surface area contributed by atoms with E-state index in [1.807, 2.05) is 0 Å². The Labute approximate surface area is 102 Å². The van der Waals surface area contributed by atoms with Crippen LogP contribution in [0.5, 0.6) is 0 Å². The van der Waals surface area contributed by atoms with Crippen LogP contribution in [0, 0.1) is 14.9 Å². The van der Waals surface area contributed by atoms with E-state index in [9.17, 15) is 18.0 Å². The second-order valence-electron chi connectivity index (χ2n) is 2.82. The molecule has 0 spiro atoms. The molecule has 0 saturated carbocycles. The van der Waals surface area contributed by atoms with E-state index in [1.165, 1.54) is 28.7 Å². The number of nitrogens with two attached hydrogens (primary N) is 1. The average molecular weight is 340 g/mol. The van der Waals surface area contributed by atoms with Crippen LogP contribution in [0.25, 0.3) is 0 Å². The van der Waals surface area contributed by atoms with Crippen LogP contribution in [0.3, 0.4) is 0 Å². The molecule has 7 heteroatoms. The highest BCUT2D eigenvalue weighted by Crippen LogP contribution is 2.36. The summed E-state index contributed by atoms with van der Waals surface area (Å²) < 4.78 is 37.7. The lowest BCUT2D eigenvalue weighted by Gasteiger charge is -2.12. The minimum atomic E-state index is -4.69. The Hall–Kier alpha value is -1.30. The number of hydrogen-bond donors (Lipinski definition) is 1. The van der Waals surface area contributed by atoms with E-state index in [1.54, 1.807) is 0 Å². The zero-order valence-electron chi connectivity index (χ0n) is 7.60. The number of amides is 1. The van der Waals surface area contributed by atoms with E-state index in [2.05, 4.69) is 0 Å². The van der Waals surface area contributed by atoms with Gasteiger partial charge in [0.25, 0.3) is 0 Å². The van der Waals surface area contributed by atoms with Crippen LogP contribution >= 0.6 is 22.6 Å². The van der Waals surface area contributed by atoms with Gasteiger partial charge in [0.15, 0.2) is 0 Å². The maximum Gasteiger partial charge on any atom is 0.418 e. The van der Waals surface area contributed by atoms with Crippen LogP contribution in [-0.2, 0) is 6.18 Å². The highest BCUT2D eigenvalue weighted by atomic mass is 127. The van der Waals surface area contributed by atoms with Gasteiger partial charge in [-0.3, -0.25) is 4.79 Å². The van der Waals surface area contributed by atoms with E-state index >= 15 is 0 Å². The van der Waals surface area contributed by atoms with Crippen molar-refractivity contribution < 1.29 is 18.0 Å².